The SMILES string of the molecule is CC1(C)CCCC1NC(=O)NC1(C(=O)O)CCCC1. The number of amides is 2. The summed E-state index contributed by atoms with van der Waals surface area (Å²) < 4.78 is 0. The second kappa shape index (κ2) is 5.02. The summed E-state index contributed by atoms with van der Waals surface area (Å²) in [7, 11) is 0. The van der Waals surface area contributed by atoms with Crippen LogP contribution in [0, 0.1) is 5.41 Å². The molecular formula is C14H24N2O3. The molecule has 0 aromatic rings. The van der Waals surface area contributed by atoms with Crippen LogP contribution in [-0.2, 0) is 4.79 Å². The number of carboxylic acids is 1. The van der Waals surface area contributed by atoms with Crippen molar-refractivity contribution in [2.75, 3.05) is 0 Å². The smallest absolute Gasteiger partial charge is 0.329 e. The molecule has 2 aliphatic rings. The van der Waals surface area contributed by atoms with Crippen LogP contribution >= 0.6 is 0 Å². The van der Waals surface area contributed by atoms with E-state index >= 15 is 0 Å². The predicted molar refractivity (Wildman–Crippen MR) is 71.9 cm³/mol. The molecule has 0 bridgehead atoms. The van der Waals surface area contributed by atoms with Crippen molar-refractivity contribution in [3.63, 3.8) is 0 Å². The fraction of sp³-hybridized carbons (Fsp3) is 0.857. The molecule has 0 radical (unpaired) electrons. The second-order valence-corrected chi connectivity index (χ2v) is 6.63. The molecule has 0 saturated heterocycles. The lowest BCUT2D eigenvalue weighted by atomic mass is 9.87. The summed E-state index contributed by atoms with van der Waals surface area (Å²) in [6.07, 6.45) is 5.97. The number of carbonyl (C=O) groups is 2. The summed E-state index contributed by atoms with van der Waals surface area (Å²) >= 11 is 0. The molecule has 5 nitrogen and oxygen atoms in total. The van der Waals surface area contributed by atoms with Crippen molar-refractivity contribution in [1.82, 2.24) is 10.6 Å². The maximum atomic E-state index is 12.1. The van der Waals surface area contributed by atoms with Crippen LogP contribution in [0.3, 0.4) is 0 Å². The molecule has 2 amide bonds. The van der Waals surface area contributed by atoms with Gasteiger partial charge in [-0.25, -0.2) is 9.59 Å². The van der Waals surface area contributed by atoms with Crippen LogP contribution in [0.5, 0.6) is 0 Å². The lowest BCUT2D eigenvalue weighted by Crippen LogP contribution is -2.57. The molecule has 108 valence electrons. The van der Waals surface area contributed by atoms with Gasteiger partial charge in [0.15, 0.2) is 0 Å². The fourth-order valence-electron chi connectivity index (χ4n) is 3.38. The minimum Gasteiger partial charge on any atom is -0.480 e. The molecule has 5 heteroatoms. The Hall–Kier alpha value is -1.26. The number of hydrogen-bond acceptors (Lipinski definition) is 2. The normalized spacial score (nSPS) is 28.0. The van der Waals surface area contributed by atoms with Gasteiger partial charge in [-0.05, 0) is 31.1 Å². The van der Waals surface area contributed by atoms with E-state index in [1.807, 2.05) is 0 Å². The zero-order valence-electron chi connectivity index (χ0n) is 11.8. The highest BCUT2D eigenvalue weighted by Crippen LogP contribution is 2.37. The van der Waals surface area contributed by atoms with Gasteiger partial charge in [-0.1, -0.05) is 33.1 Å². The summed E-state index contributed by atoms with van der Waals surface area (Å²) in [4.78, 5) is 23.4. The van der Waals surface area contributed by atoms with Gasteiger partial charge in [0, 0.05) is 6.04 Å². The molecule has 2 aliphatic carbocycles. The van der Waals surface area contributed by atoms with Crippen molar-refractivity contribution in [3.8, 4) is 0 Å². The lowest BCUT2D eigenvalue weighted by molar-refractivity contribution is -0.144. The highest BCUT2D eigenvalue weighted by molar-refractivity contribution is 5.86. The van der Waals surface area contributed by atoms with Crippen LogP contribution in [0.1, 0.15) is 58.8 Å². The molecule has 2 saturated carbocycles. The Morgan fingerprint density at radius 2 is 1.74 bits per heavy atom. The predicted octanol–water partition coefficient (Wildman–Crippen LogP) is 2.26. The second-order valence-electron chi connectivity index (χ2n) is 6.63. The van der Waals surface area contributed by atoms with Crippen molar-refractivity contribution in [3.05, 3.63) is 0 Å². The molecule has 1 atom stereocenters. The Morgan fingerprint density at radius 3 is 2.21 bits per heavy atom. The maximum Gasteiger partial charge on any atom is 0.329 e. The number of urea groups is 1. The van der Waals surface area contributed by atoms with Gasteiger partial charge in [-0.3, -0.25) is 0 Å². The topological polar surface area (TPSA) is 78.4 Å². The third-order valence-corrected chi connectivity index (χ3v) is 4.78. The number of rotatable bonds is 3. The quantitative estimate of drug-likeness (QED) is 0.734. The van der Waals surface area contributed by atoms with Crippen LogP contribution in [0.4, 0.5) is 4.79 Å². The van der Waals surface area contributed by atoms with Gasteiger partial charge in [-0.2, -0.15) is 0 Å². The monoisotopic (exact) mass is 268 g/mol. The summed E-state index contributed by atoms with van der Waals surface area (Å²) in [6.45, 7) is 4.29. The first-order chi connectivity index (χ1) is 8.86. The maximum absolute atomic E-state index is 12.1. The van der Waals surface area contributed by atoms with Crippen LogP contribution < -0.4 is 10.6 Å². The van der Waals surface area contributed by atoms with Crippen LogP contribution in [-0.4, -0.2) is 28.7 Å². The molecule has 2 fully saturated rings. The van der Waals surface area contributed by atoms with Gasteiger partial charge in [0.05, 0.1) is 0 Å². The van der Waals surface area contributed by atoms with Crippen molar-refractivity contribution in [2.24, 2.45) is 5.41 Å². The molecule has 19 heavy (non-hydrogen) atoms. The standard InChI is InChI=1S/C14H24N2O3/c1-13(2)7-5-6-10(13)15-12(19)16-14(11(17)18)8-3-4-9-14/h10H,3-9H2,1-2H3,(H,17,18)(H2,15,16,19). The van der Waals surface area contributed by atoms with Crippen LogP contribution in [0.15, 0.2) is 0 Å². The van der Waals surface area contributed by atoms with Crippen LogP contribution in [0.25, 0.3) is 0 Å². The number of carbonyl (C=O) groups excluding carboxylic acids is 1. The number of aliphatic carboxylic acids is 1. The Bertz CT molecular complexity index is 373. The van der Waals surface area contributed by atoms with E-state index in [9.17, 15) is 14.7 Å². The van der Waals surface area contributed by atoms with E-state index in [4.69, 9.17) is 0 Å². The Labute approximate surface area is 114 Å². The van der Waals surface area contributed by atoms with Gasteiger partial charge in [0.1, 0.15) is 5.54 Å². The number of hydrogen-bond donors (Lipinski definition) is 3. The summed E-state index contributed by atoms with van der Waals surface area (Å²) in [5.74, 6) is -0.911. The molecule has 1 unspecified atom stereocenters. The van der Waals surface area contributed by atoms with E-state index in [0.29, 0.717) is 12.8 Å². The van der Waals surface area contributed by atoms with Gasteiger partial charge in [0.2, 0.25) is 0 Å². The average molecular weight is 268 g/mol. The molecule has 3 N–H and O–H groups in total. The molecular weight excluding hydrogens is 244 g/mol. The van der Waals surface area contributed by atoms with E-state index in [0.717, 1.165) is 32.1 Å². The van der Waals surface area contributed by atoms with Crippen molar-refractivity contribution in [1.29, 1.82) is 0 Å². The first kappa shape index (κ1) is 14.2. The Morgan fingerprint density at radius 1 is 1.11 bits per heavy atom. The molecule has 0 aliphatic heterocycles. The van der Waals surface area contributed by atoms with Gasteiger partial charge < -0.3 is 15.7 Å². The van der Waals surface area contributed by atoms with Crippen molar-refractivity contribution in [2.45, 2.75) is 70.4 Å². The average Bonchev–Trinajstić information content (AvgIpc) is 2.88. The molecule has 0 aromatic heterocycles. The van der Waals surface area contributed by atoms with Gasteiger partial charge in [0.25, 0.3) is 0 Å². The van der Waals surface area contributed by atoms with Gasteiger partial charge in [-0.15, -0.1) is 0 Å². The summed E-state index contributed by atoms with van der Waals surface area (Å²) in [5.41, 5.74) is -0.948. The Kier molecular flexibility index (Phi) is 3.74. The highest BCUT2D eigenvalue weighted by atomic mass is 16.4. The minimum absolute atomic E-state index is 0.101. The van der Waals surface area contributed by atoms with E-state index in [1.54, 1.807) is 0 Å². The summed E-state index contributed by atoms with van der Waals surface area (Å²) in [5, 5.41) is 15.0. The molecule has 0 heterocycles. The lowest BCUT2D eigenvalue weighted by Gasteiger charge is -2.31. The van der Waals surface area contributed by atoms with Gasteiger partial charge >= 0.3 is 12.0 Å². The largest absolute Gasteiger partial charge is 0.480 e. The summed E-state index contributed by atoms with van der Waals surface area (Å²) in [6, 6.07) is -0.191. The molecule has 0 spiro atoms. The first-order valence-corrected chi connectivity index (χ1v) is 7.18. The zero-order valence-corrected chi connectivity index (χ0v) is 11.8. The van der Waals surface area contributed by atoms with E-state index in [2.05, 4.69) is 24.5 Å². The third-order valence-electron chi connectivity index (χ3n) is 4.78. The van der Waals surface area contributed by atoms with E-state index < -0.39 is 11.5 Å². The van der Waals surface area contributed by atoms with E-state index in [1.165, 1.54) is 0 Å². The Balaban J connectivity index is 1.95. The number of nitrogens with one attached hydrogen (secondary N) is 2. The van der Waals surface area contributed by atoms with Crippen molar-refractivity contribution < 1.29 is 14.7 Å². The number of carboxylic acid groups (broad SMARTS) is 1. The van der Waals surface area contributed by atoms with E-state index in [-0.39, 0.29) is 17.5 Å². The van der Waals surface area contributed by atoms with Crippen molar-refractivity contribution >= 4 is 12.0 Å². The zero-order chi connectivity index (χ0) is 14.1. The fourth-order valence-corrected chi connectivity index (χ4v) is 3.38. The highest BCUT2D eigenvalue weighted by Gasteiger charge is 2.43. The molecule has 0 aromatic carbocycles. The van der Waals surface area contributed by atoms with Crippen LogP contribution in [0.2, 0.25) is 0 Å². The third kappa shape index (κ3) is 2.85. The first-order valence-electron chi connectivity index (χ1n) is 7.18. The molecule has 2 rings (SSSR count). The minimum atomic E-state index is -1.05.